The molecule has 1 unspecified atom stereocenters. The molecule has 8 nitrogen and oxygen atoms in total. The molecule has 1 aromatic rings. The summed E-state index contributed by atoms with van der Waals surface area (Å²) in [5.41, 5.74) is 4.49. The van der Waals surface area contributed by atoms with Gasteiger partial charge in [0.15, 0.2) is 16.7 Å². The van der Waals surface area contributed by atoms with Crippen LogP contribution in [0.2, 0.25) is 0 Å². The van der Waals surface area contributed by atoms with Crippen molar-refractivity contribution in [2.75, 3.05) is 16.2 Å². The first-order chi connectivity index (χ1) is 8.28. The summed E-state index contributed by atoms with van der Waals surface area (Å²) >= 11 is 1.38. The van der Waals surface area contributed by atoms with E-state index < -0.39 is 21.6 Å². The SMILES string of the molecule is CC1CSc2nc(N)c(NS(=O)(=O)O)c(=O)n2C1. The Bertz CT molecular complexity index is 639. The van der Waals surface area contributed by atoms with Crippen LogP contribution in [0.5, 0.6) is 0 Å². The van der Waals surface area contributed by atoms with Gasteiger partial charge in [-0.3, -0.25) is 18.6 Å². The van der Waals surface area contributed by atoms with E-state index in [1.54, 1.807) is 4.72 Å². The molecule has 2 heterocycles. The van der Waals surface area contributed by atoms with Gasteiger partial charge in [-0.1, -0.05) is 18.7 Å². The van der Waals surface area contributed by atoms with Crippen LogP contribution in [-0.4, -0.2) is 28.3 Å². The quantitative estimate of drug-likeness (QED) is 0.508. The highest BCUT2D eigenvalue weighted by Gasteiger charge is 2.23. The van der Waals surface area contributed by atoms with Gasteiger partial charge in [0.1, 0.15) is 0 Å². The third kappa shape index (κ3) is 2.60. The molecule has 0 radical (unpaired) electrons. The predicted molar refractivity (Wildman–Crippen MR) is 68.0 cm³/mol. The van der Waals surface area contributed by atoms with Gasteiger partial charge in [0.05, 0.1) is 0 Å². The average molecular weight is 292 g/mol. The molecule has 2 rings (SSSR count). The standard InChI is InChI=1S/C8H12N4O4S2/c1-4-2-12-7(13)5(11-18(14,15)16)6(9)10-8(12)17-3-4/h4,11H,2-3,9H2,1H3,(H,14,15,16). The largest absolute Gasteiger partial charge is 0.382 e. The molecule has 0 amide bonds. The maximum absolute atomic E-state index is 12.0. The zero-order valence-corrected chi connectivity index (χ0v) is 11.1. The number of rotatable bonds is 2. The molecule has 0 saturated heterocycles. The van der Waals surface area contributed by atoms with Crippen LogP contribution < -0.4 is 16.0 Å². The van der Waals surface area contributed by atoms with Crippen LogP contribution in [0.3, 0.4) is 0 Å². The van der Waals surface area contributed by atoms with Crippen molar-refractivity contribution < 1.29 is 13.0 Å². The van der Waals surface area contributed by atoms with E-state index >= 15 is 0 Å². The monoisotopic (exact) mass is 292 g/mol. The van der Waals surface area contributed by atoms with Crippen LogP contribution in [0.25, 0.3) is 0 Å². The van der Waals surface area contributed by atoms with Crippen molar-refractivity contribution in [2.24, 2.45) is 5.92 Å². The first kappa shape index (κ1) is 13.2. The zero-order chi connectivity index (χ0) is 13.5. The Kier molecular flexibility index (Phi) is 3.25. The fraction of sp³-hybridized carbons (Fsp3) is 0.500. The van der Waals surface area contributed by atoms with E-state index in [0.29, 0.717) is 11.7 Å². The predicted octanol–water partition coefficient (Wildman–Crippen LogP) is -0.218. The van der Waals surface area contributed by atoms with Gasteiger partial charge in [-0.2, -0.15) is 8.42 Å². The van der Waals surface area contributed by atoms with Gasteiger partial charge in [0, 0.05) is 12.3 Å². The molecule has 0 saturated carbocycles. The third-order valence-corrected chi connectivity index (χ3v) is 4.15. The van der Waals surface area contributed by atoms with Gasteiger partial charge >= 0.3 is 10.3 Å². The highest BCUT2D eigenvalue weighted by Crippen LogP contribution is 2.27. The second kappa shape index (κ2) is 4.44. The average Bonchev–Trinajstić information content (AvgIpc) is 2.24. The Balaban J connectivity index is 2.56. The summed E-state index contributed by atoms with van der Waals surface area (Å²) in [5, 5.41) is 0.455. The number of anilines is 2. The molecule has 1 aliphatic heterocycles. The minimum absolute atomic E-state index is 0.245. The number of nitrogens with two attached hydrogens (primary N) is 1. The van der Waals surface area contributed by atoms with E-state index in [4.69, 9.17) is 10.3 Å². The molecule has 0 spiro atoms. The van der Waals surface area contributed by atoms with Gasteiger partial charge in [-0.25, -0.2) is 4.98 Å². The Hall–Kier alpha value is -1.26. The van der Waals surface area contributed by atoms with E-state index in [0.717, 1.165) is 5.75 Å². The number of nitrogens with one attached hydrogen (secondary N) is 1. The molecular formula is C8H12N4O4S2. The maximum Gasteiger partial charge on any atom is 0.357 e. The van der Waals surface area contributed by atoms with Crippen molar-refractivity contribution in [1.29, 1.82) is 0 Å². The van der Waals surface area contributed by atoms with Gasteiger partial charge in [-0.05, 0) is 5.92 Å². The number of nitrogens with zero attached hydrogens (tertiary/aromatic N) is 2. The molecule has 4 N–H and O–H groups in total. The number of aromatic nitrogens is 2. The Morgan fingerprint density at radius 3 is 2.89 bits per heavy atom. The van der Waals surface area contributed by atoms with Crippen molar-refractivity contribution >= 4 is 33.6 Å². The maximum atomic E-state index is 12.0. The van der Waals surface area contributed by atoms with E-state index in [1.807, 2.05) is 6.92 Å². The number of fused-ring (bicyclic) bond motifs is 1. The second-order valence-electron chi connectivity index (χ2n) is 4.06. The van der Waals surface area contributed by atoms with Crippen LogP contribution in [0, 0.1) is 5.92 Å². The van der Waals surface area contributed by atoms with Crippen molar-refractivity contribution in [2.45, 2.75) is 18.6 Å². The molecule has 18 heavy (non-hydrogen) atoms. The molecule has 0 aromatic carbocycles. The van der Waals surface area contributed by atoms with Crippen molar-refractivity contribution in [3.05, 3.63) is 10.4 Å². The zero-order valence-electron chi connectivity index (χ0n) is 9.45. The topological polar surface area (TPSA) is 127 Å². The number of hydrogen-bond donors (Lipinski definition) is 3. The fourth-order valence-corrected chi connectivity index (χ4v) is 3.09. The van der Waals surface area contributed by atoms with Crippen molar-refractivity contribution in [3.63, 3.8) is 0 Å². The van der Waals surface area contributed by atoms with Crippen LogP contribution >= 0.6 is 11.8 Å². The van der Waals surface area contributed by atoms with E-state index in [2.05, 4.69) is 4.98 Å². The summed E-state index contributed by atoms with van der Waals surface area (Å²) in [6, 6.07) is 0. The lowest BCUT2D eigenvalue weighted by Crippen LogP contribution is -2.33. The molecule has 1 atom stereocenters. The highest BCUT2D eigenvalue weighted by molar-refractivity contribution is 7.99. The van der Waals surface area contributed by atoms with E-state index in [1.165, 1.54) is 16.3 Å². The first-order valence-corrected chi connectivity index (χ1v) is 7.49. The summed E-state index contributed by atoms with van der Waals surface area (Å²) in [6.45, 7) is 2.41. The summed E-state index contributed by atoms with van der Waals surface area (Å²) in [5.74, 6) is 0.840. The molecule has 0 bridgehead atoms. The number of hydrogen-bond acceptors (Lipinski definition) is 6. The Labute approximate surface area is 107 Å². The second-order valence-corrected chi connectivity index (χ2v) is 6.21. The lowest BCUT2D eigenvalue weighted by Gasteiger charge is -2.22. The molecule has 100 valence electrons. The number of nitrogen functional groups attached to an aromatic ring is 1. The Morgan fingerprint density at radius 2 is 2.28 bits per heavy atom. The number of thioether (sulfide) groups is 1. The molecule has 1 aromatic heterocycles. The summed E-state index contributed by atoms with van der Waals surface area (Å²) < 4.78 is 33.2. The summed E-state index contributed by atoms with van der Waals surface area (Å²) in [7, 11) is -4.55. The van der Waals surface area contributed by atoms with Gasteiger partial charge in [0.25, 0.3) is 5.56 Å². The normalized spacial score (nSPS) is 19.3. The molecule has 0 aliphatic carbocycles. The highest BCUT2D eigenvalue weighted by atomic mass is 32.2. The van der Waals surface area contributed by atoms with Crippen LogP contribution in [0.1, 0.15) is 6.92 Å². The molecule has 10 heteroatoms. The lowest BCUT2D eigenvalue weighted by atomic mass is 10.2. The Morgan fingerprint density at radius 1 is 1.61 bits per heavy atom. The van der Waals surface area contributed by atoms with E-state index in [9.17, 15) is 13.2 Å². The van der Waals surface area contributed by atoms with Gasteiger partial charge in [0.2, 0.25) is 0 Å². The van der Waals surface area contributed by atoms with Gasteiger partial charge < -0.3 is 5.73 Å². The van der Waals surface area contributed by atoms with Crippen LogP contribution in [0.4, 0.5) is 11.5 Å². The minimum atomic E-state index is -4.55. The van der Waals surface area contributed by atoms with E-state index in [-0.39, 0.29) is 11.7 Å². The van der Waals surface area contributed by atoms with Crippen LogP contribution in [0.15, 0.2) is 9.95 Å². The molecular weight excluding hydrogens is 280 g/mol. The smallest absolute Gasteiger partial charge is 0.357 e. The first-order valence-electron chi connectivity index (χ1n) is 5.06. The van der Waals surface area contributed by atoms with Crippen molar-refractivity contribution in [1.82, 2.24) is 9.55 Å². The van der Waals surface area contributed by atoms with Crippen LogP contribution in [-0.2, 0) is 16.8 Å². The molecule has 1 aliphatic rings. The summed E-state index contributed by atoms with van der Waals surface area (Å²) in [4.78, 5) is 16.0. The third-order valence-electron chi connectivity index (χ3n) is 2.38. The summed E-state index contributed by atoms with van der Waals surface area (Å²) in [6.07, 6.45) is 0. The van der Waals surface area contributed by atoms with Crippen molar-refractivity contribution in [3.8, 4) is 0 Å². The molecule has 0 fully saturated rings. The van der Waals surface area contributed by atoms with Gasteiger partial charge in [-0.15, -0.1) is 0 Å². The minimum Gasteiger partial charge on any atom is -0.382 e. The fourth-order valence-electron chi connectivity index (χ4n) is 1.63. The lowest BCUT2D eigenvalue weighted by molar-refractivity contribution is 0.461.